The largest absolute Gasteiger partial charge is 0.384 e. The first-order valence-corrected chi connectivity index (χ1v) is 4.20. The van der Waals surface area contributed by atoms with Gasteiger partial charge in [-0.05, 0) is 6.42 Å². The second kappa shape index (κ2) is 3.03. The quantitative estimate of drug-likeness (QED) is 0.579. The van der Waals surface area contributed by atoms with Crippen molar-refractivity contribution in [3.8, 4) is 0 Å². The zero-order valence-electron chi connectivity index (χ0n) is 7.16. The Kier molecular flexibility index (Phi) is 2.02. The highest BCUT2D eigenvalue weighted by Gasteiger charge is 2.42. The van der Waals surface area contributed by atoms with E-state index in [0.29, 0.717) is 26.0 Å². The first-order valence-electron chi connectivity index (χ1n) is 4.20. The molecule has 68 valence electrons. The molecule has 0 spiro atoms. The summed E-state index contributed by atoms with van der Waals surface area (Å²) < 4.78 is 10.1. The number of carbonyl (C=O) groups is 1. The van der Waals surface area contributed by atoms with E-state index in [1.54, 1.807) is 7.11 Å². The van der Waals surface area contributed by atoms with E-state index in [4.69, 9.17) is 9.47 Å². The first-order chi connectivity index (χ1) is 5.83. The summed E-state index contributed by atoms with van der Waals surface area (Å²) in [5.41, 5.74) is 0. The first kappa shape index (κ1) is 8.01. The van der Waals surface area contributed by atoms with Crippen molar-refractivity contribution in [3.63, 3.8) is 0 Å². The van der Waals surface area contributed by atoms with Crippen molar-refractivity contribution in [2.75, 3.05) is 27.1 Å². The van der Waals surface area contributed by atoms with Gasteiger partial charge in [0.2, 0.25) is 5.91 Å². The number of hydrogen-bond acceptors (Lipinski definition) is 3. The molecule has 2 aliphatic heterocycles. The van der Waals surface area contributed by atoms with Crippen LogP contribution >= 0.6 is 0 Å². The SMILES string of the molecule is COCC1CC2COCN2C1=O. The third kappa shape index (κ3) is 1.11. The van der Waals surface area contributed by atoms with Crippen LogP contribution in [0.15, 0.2) is 0 Å². The summed E-state index contributed by atoms with van der Waals surface area (Å²) in [4.78, 5) is 13.4. The zero-order valence-corrected chi connectivity index (χ0v) is 7.16. The molecule has 0 saturated carbocycles. The molecule has 0 aromatic heterocycles. The van der Waals surface area contributed by atoms with Gasteiger partial charge in [0.25, 0.3) is 0 Å². The van der Waals surface area contributed by atoms with Gasteiger partial charge in [0.05, 0.1) is 25.2 Å². The van der Waals surface area contributed by atoms with Gasteiger partial charge in [-0.25, -0.2) is 0 Å². The molecule has 1 amide bonds. The molecule has 2 fully saturated rings. The summed E-state index contributed by atoms with van der Waals surface area (Å²) in [6.07, 6.45) is 0.896. The van der Waals surface area contributed by atoms with E-state index in [9.17, 15) is 4.79 Å². The van der Waals surface area contributed by atoms with Gasteiger partial charge in [0, 0.05) is 7.11 Å². The van der Waals surface area contributed by atoms with Gasteiger partial charge in [-0.1, -0.05) is 0 Å². The topological polar surface area (TPSA) is 38.8 Å². The van der Waals surface area contributed by atoms with Gasteiger partial charge in [-0.2, -0.15) is 0 Å². The number of hydrogen-bond donors (Lipinski definition) is 0. The molecule has 0 N–H and O–H groups in total. The third-order valence-corrected chi connectivity index (χ3v) is 2.54. The van der Waals surface area contributed by atoms with Crippen molar-refractivity contribution >= 4 is 5.91 Å². The summed E-state index contributed by atoms with van der Waals surface area (Å²) in [6.45, 7) is 1.72. The van der Waals surface area contributed by atoms with Crippen molar-refractivity contribution < 1.29 is 14.3 Å². The van der Waals surface area contributed by atoms with Crippen molar-refractivity contribution in [3.05, 3.63) is 0 Å². The van der Waals surface area contributed by atoms with Crippen LogP contribution in [0.1, 0.15) is 6.42 Å². The number of carbonyl (C=O) groups excluding carboxylic acids is 1. The molecule has 2 atom stereocenters. The highest BCUT2D eigenvalue weighted by molar-refractivity contribution is 5.81. The normalized spacial score (nSPS) is 34.4. The van der Waals surface area contributed by atoms with Crippen LogP contribution in [0.5, 0.6) is 0 Å². The van der Waals surface area contributed by atoms with Gasteiger partial charge in [-0.15, -0.1) is 0 Å². The van der Waals surface area contributed by atoms with Crippen LogP contribution in [0, 0.1) is 5.92 Å². The Morgan fingerprint density at radius 1 is 1.75 bits per heavy atom. The molecule has 0 bridgehead atoms. The van der Waals surface area contributed by atoms with Crippen LogP contribution in [0.4, 0.5) is 0 Å². The van der Waals surface area contributed by atoms with Crippen LogP contribution in [-0.4, -0.2) is 43.9 Å². The second-order valence-corrected chi connectivity index (χ2v) is 3.35. The molecule has 2 rings (SSSR count). The van der Waals surface area contributed by atoms with Crippen molar-refractivity contribution in [2.45, 2.75) is 12.5 Å². The Hall–Kier alpha value is -0.610. The van der Waals surface area contributed by atoms with Crippen LogP contribution < -0.4 is 0 Å². The van der Waals surface area contributed by atoms with Gasteiger partial charge >= 0.3 is 0 Å². The molecule has 0 aromatic carbocycles. The number of rotatable bonds is 2. The maximum Gasteiger partial charge on any atom is 0.230 e. The van der Waals surface area contributed by atoms with Crippen molar-refractivity contribution in [1.82, 2.24) is 4.90 Å². The zero-order chi connectivity index (χ0) is 8.55. The molecule has 2 heterocycles. The minimum Gasteiger partial charge on any atom is -0.384 e. The summed E-state index contributed by atoms with van der Waals surface area (Å²) in [5, 5.41) is 0. The summed E-state index contributed by atoms with van der Waals surface area (Å²) in [6, 6.07) is 0.317. The average Bonchev–Trinajstić information content (AvgIpc) is 2.58. The van der Waals surface area contributed by atoms with Crippen molar-refractivity contribution in [1.29, 1.82) is 0 Å². The van der Waals surface area contributed by atoms with E-state index in [1.165, 1.54) is 0 Å². The molecule has 4 nitrogen and oxygen atoms in total. The lowest BCUT2D eigenvalue weighted by Gasteiger charge is -2.11. The fourth-order valence-electron chi connectivity index (χ4n) is 1.93. The molecule has 12 heavy (non-hydrogen) atoms. The Labute approximate surface area is 71.4 Å². The Bertz CT molecular complexity index is 195. The maximum absolute atomic E-state index is 11.5. The highest BCUT2D eigenvalue weighted by atomic mass is 16.5. The molecule has 0 aliphatic carbocycles. The predicted octanol–water partition coefficient (Wildman–Crippen LogP) is -0.162. The fourth-order valence-corrected chi connectivity index (χ4v) is 1.93. The Morgan fingerprint density at radius 2 is 2.58 bits per heavy atom. The monoisotopic (exact) mass is 171 g/mol. The van der Waals surface area contributed by atoms with Crippen molar-refractivity contribution in [2.24, 2.45) is 5.92 Å². The van der Waals surface area contributed by atoms with E-state index < -0.39 is 0 Å². The molecule has 0 aromatic rings. The number of ether oxygens (including phenoxy) is 2. The van der Waals surface area contributed by atoms with Gasteiger partial charge in [0.1, 0.15) is 6.73 Å². The summed E-state index contributed by atoms with van der Waals surface area (Å²) in [7, 11) is 1.63. The smallest absolute Gasteiger partial charge is 0.230 e. The number of methoxy groups -OCH3 is 1. The van der Waals surface area contributed by atoms with Crippen LogP contribution in [0.3, 0.4) is 0 Å². The molecule has 2 saturated heterocycles. The van der Waals surface area contributed by atoms with E-state index in [-0.39, 0.29) is 11.8 Å². The predicted molar refractivity (Wildman–Crippen MR) is 41.4 cm³/mol. The fraction of sp³-hybridized carbons (Fsp3) is 0.875. The molecule has 2 aliphatic rings. The number of amides is 1. The minimum atomic E-state index is 0.0731. The lowest BCUT2D eigenvalue weighted by Crippen LogP contribution is -2.30. The maximum atomic E-state index is 11.5. The average molecular weight is 171 g/mol. The lowest BCUT2D eigenvalue weighted by molar-refractivity contribution is -0.134. The lowest BCUT2D eigenvalue weighted by atomic mass is 10.1. The van der Waals surface area contributed by atoms with Crippen LogP contribution in [0.25, 0.3) is 0 Å². The van der Waals surface area contributed by atoms with Crippen LogP contribution in [-0.2, 0) is 14.3 Å². The van der Waals surface area contributed by atoms with Gasteiger partial charge in [-0.3, -0.25) is 4.79 Å². The van der Waals surface area contributed by atoms with E-state index in [0.717, 1.165) is 6.42 Å². The number of nitrogens with zero attached hydrogens (tertiary/aromatic N) is 1. The number of fused-ring (bicyclic) bond motifs is 1. The van der Waals surface area contributed by atoms with E-state index in [1.807, 2.05) is 4.90 Å². The molecular formula is C8H13NO3. The Balaban J connectivity index is 2.01. The standard InChI is InChI=1S/C8H13NO3/c1-11-3-6-2-7-4-12-5-9(7)8(6)10/h6-7H,2-5H2,1H3. The minimum absolute atomic E-state index is 0.0731. The molecule has 4 heteroatoms. The van der Waals surface area contributed by atoms with Gasteiger partial charge < -0.3 is 14.4 Å². The summed E-state index contributed by atoms with van der Waals surface area (Å²) in [5.74, 6) is 0.267. The highest BCUT2D eigenvalue weighted by Crippen LogP contribution is 2.28. The van der Waals surface area contributed by atoms with Crippen LogP contribution in [0.2, 0.25) is 0 Å². The second-order valence-electron chi connectivity index (χ2n) is 3.35. The third-order valence-electron chi connectivity index (χ3n) is 2.54. The molecule has 0 radical (unpaired) electrons. The summed E-state index contributed by atoms with van der Waals surface area (Å²) >= 11 is 0. The Morgan fingerprint density at radius 3 is 3.25 bits per heavy atom. The molecule has 2 unspecified atom stereocenters. The molecular weight excluding hydrogens is 158 g/mol. The van der Waals surface area contributed by atoms with E-state index in [2.05, 4.69) is 0 Å². The van der Waals surface area contributed by atoms with Gasteiger partial charge in [0.15, 0.2) is 0 Å². The van der Waals surface area contributed by atoms with E-state index >= 15 is 0 Å².